The van der Waals surface area contributed by atoms with E-state index in [1.807, 2.05) is 0 Å². The number of carbonyl (C=O) groups is 1. The number of aliphatic hydroxyl groups is 4. The van der Waals surface area contributed by atoms with Crippen LogP contribution in [-0.2, 0) is 4.79 Å². The van der Waals surface area contributed by atoms with Crippen LogP contribution in [0.15, 0.2) is 48.6 Å². The van der Waals surface area contributed by atoms with Crippen LogP contribution in [0.3, 0.4) is 0 Å². The lowest BCUT2D eigenvalue weighted by Gasteiger charge is -2.27. The number of hydrogen-bond acceptors (Lipinski definition) is 5. The molecule has 6 heteroatoms. The number of allylic oxidation sites excluding steroid dienone is 8. The third-order valence-electron chi connectivity index (χ3n) is 8.26. The number of aliphatic hydroxyl groups excluding tert-OH is 4. The van der Waals surface area contributed by atoms with Gasteiger partial charge in [-0.05, 0) is 70.6 Å². The highest BCUT2D eigenvalue weighted by atomic mass is 16.3. The van der Waals surface area contributed by atoms with Crippen LogP contribution in [0.4, 0.5) is 0 Å². The molecule has 0 aromatic carbocycles. The van der Waals surface area contributed by atoms with E-state index in [1.54, 1.807) is 0 Å². The molecule has 45 heavy (non-hydrogen) atoms. The molecular weight excluding hydrogens is 562 g/mol. The largest absolute Gasteiger partial charge is 0.394 e. The highest BCUT2D eigenvalue weighted by Crippen LogP contribution is 2.15. The maximum Gasteiger partial charge on any atom is 0.249 e. The predicted octanol–water partition coefficient (Wildman–Crippen LogP) is 8.78. The molecule has 4 atom stereocenters. The van der Waals surface area contributed by atoms with Gasteiger partial charge in [0, 0.05) is 0 Å². The van der Waals surface area contributed by atoms with Crippen molar-refractivity contribution in [3.05, 3.63) is 48.6 Å². The summed E-state index contributed by atoms with van der Waals surface area (Å²) in [5, 5.41) is 43.3. The van der Waals surface area contributed by atoms with Crippen molar-refractivity contribution in [2.24, 2.45) is 0 Å². The Morgan fingerprint density at radius 1 is 0.556 bits per heavy atom. The Kier molecular flexibility index (Phi) is 32.3. The van der Waals surface area contributed by atoms with E-state index in [1.165, 1.54) is 70.6 Å². The van der Waals surface area contributed by atoms with Crippen LogP contribution in [0.2, 0.25) is 0 Å². The van der Waals surface area contributed by atoms with E-state index in [-0.39, 0.29) is 0 Å². The molecular formula is C39H71NO5. The van der Waals surface area contributed by atoms with Gasteiger partial charge in [0.1, 0.15) is 12.2 Å². The van der Waals surface area contributed by atoms with Gasteiger partial charge < -0.3 is 25.7 Å². The fourth-order valence-electron chi connectivity index (χ4n) is 5.35. The van der Waals surface area contributed by atoms with Crippen LogP contribution in [0, 0.1) is 0 Å². The Bertz CT molecular complexity index is 763. The number of nitrogens with one attached hydrogen (secondary N) is 1. The summed E-state index contributed by atoms with van der Waals surface area (Å²) < 4.78 is 0. The average Bonchev–Trinajstić information content (AvgIpc) is 3.04. The smallest absolute Gasteiger partial charge is 0.249 e. The van der Waals surface area contributed by atoms with Gasteiger partial charge in [0.2, 0.25) is 5.91 Å². The number of hydrogen-bond donors (Lipinski definition) is 5. The Balaban J connectivity index is 3.77. The van der Waals surface area contributed by atoms with E-state index in [2.05, 4.69) is 67.8 Å². The molecule has 262 valence electrons. The Labute approximate surface area is 277 Å². The summed E-state index contributed by atoms with van der Waals surface area (Å²) in [6.07, 6.45) is 38.7. The first kappa shape index (κ1) is 43.3. The first-order chi connectivity index (χ1) is 22.0. The van der Waals surface area contributed by atoms with E-state index in [0.717, 1.165) is 57.8 Å². The topological polar surface area (TPSA) is 110 Å². The van der Waals surface area contributed by atoms with Crippen molar-refractivity contribution < 1.29 is 25.2 Å². The molecule has 0 saturated heterocycles. The molecule has 0 radical (unpaired) electrons. The maximum absolute atomic E-state index is 12.4. The zero-order chi connectivity index (χ0) is 33.2. The highest BCUT2D eigenvalue weighted by molar-refractivity contribution is 5.80. The standard InChI is InChI=1S/C39H71NO5/c1-3-5-7-9-11-13-14-15-16-17-18-19-20-21-22-23-25-27-29-31-33-37(43)39(45)40-35(34-41)38(44)36(42)32-30-28-26-24-12-10-8-6-4-2/h5-8,11,13,24,26,35-38,41-44H,3-4,9-10,12,14-23,25,27-34H2,1-2H3,(H,40,45)/b7-5-,8-6+,13-11-,26-24+. The third kappa shape index (κ3) is 28.2. The summed E-state index contributed by atoms with van der Waals surface area (Å²) in [5.41, 5.74) is 0. The van der Waals surface area contributed by atoms with Gasteiger partial charge in [0.05, 0.1) is 18.8 Å². The summed E-state index contributed by atoms with van der Waals surface area (Å²) in [4.78, 5) is 12.4. The first-order valence-electron chi connectivity index (χ1n) is 18.5. The van der Waals surface area contributed by atoms with E-state index in [9.17, 15) is 25.2 Å². The quantitative estimate of drug-likeness (QED) is 0.0376. The molecule has 1 amide bonds. The maximum atomic E-state index is 12.4. The van der Waals surface area contributed by atoms with Gasteiger partial charge in [-0.2, -0.15) is 0 Å². The van der Waals surface area contributed by atoms with Crippen molar-refractivity contribution in [2.75, 3.05) is 6.61 Å². The van der Waals surface area contributed by atoms with Gasteiger partial charge in [0.15, 0.2) is 0 Å². The minimum atomic E-state index is -1.29. The molecule has 5 N–H and O–H groups in total. The van der Waals surface area contributed by atoms with Crippen molar-refractivity contribution in [3.63, 3.8) is 0 Å². The van der Waals surface area contributed by atoms with Crippen LogP contribution >= 0.6 is 0 Å². The van der Waals surface area contributed by atoms with Gasteiger partial charge in [-0.25, -0.2) is 0 Å². The molecule has 0 rings (SSSR count). The zero-order valence-electron chi connectivity index (χ0n) is 29.1. The molecule has 6 nitrogen and oxygen atoms in total. The summed E-state index contributed by atoms with van der Waals surface area (Å²) in [7, 11) is 0. The minimum absolute atomic E-state index is 0.357. The highest BCUT2D eigenvalue weighted by Gasteiger charge is 2.28. The molecule has 0 aliphatic heterocycles. The molecule has 0 aromatic rings. The third-order valence-corrected chi connectivity index (χ3v) is 8.26. The second kappa shape index (κ2) is 33.6. The van der Waals surface area contributed by atoms with Gasteiger partial charge in [-0.1, -0.05) is 140 Å². The summed E-state index contributed by atoms with van der Waals surface area (Å²) in [6.45, 7) is 3.78. The monoisotopic (exact) mass is 634 g/mol. The molecule has 0 spiro atoms. The molecule has 0 heterocycles. The van der Waals surface area contributed by atoms with E-state index in [4.69, 9.17) is 0 Å². The molecule has 0 bridgehead atoms. The Morgan fingerprint density at radius 3 is 1.58 bits per heavy atom. The molecule has 0 aliphatic rings. The number of rotatable bonds is 32. The van der Waals surface area contributed by atoms with Crippen LogP contribution in [0.25, 0.3) is 0 Å². The van der Waals surface area contributed by atoms with Crippen LogP contribution in [0.5, 0.6) is 0 Å². The predicted molar refractivity (Wildman–Crippen MR) is 191 cm³/mol. The normalized spacial score (nSPS) is 15.1. The molecule has 4 unspecified atom stereocenters. The SMILES string of the molecule is CC/C=C\C/C=C\CCCCCCCCCCCCCCCC(O)C(=O)NC(CO)C(O)C(O)CCC/C=C/CC/C=C/CC. The Hall–Kier alpha value is -1.73. The fourth-order valence-corrected chi connectivity index (χ4v) is 5.35. The zero-order valence-corrected chi connectivity index (χ0v) is 29.1. The second-order valence-corrected chi connectivity index (χ2v) is 12.5. The van der Waals surface area contributed by atoms with Gasteiger partial charge in [-0.3, -0.25) is 4.79 Å². The lowest BCUT2D eigenvalue weighted by molar-refractivity contribution is -0.132. The number of amides is 1. The van der Waals surface area contributed by atoms with Crippen molar-refractivity contribution in [1.29, 1.82) is 0 Å². The first-order valence-corrected chi connectivity index (χ1v) is 18.5. The van der Waals surface area contributed by atoms with Gasteiger partial charge >= 0.3 is 0 Å². The van der Waals surface area contributed by atoms with Gasteiger partial charge in [-0.15, -0.1) is 0 Å². The van der Waals surface area contributed by atoms with Crippen molar-refractivity contribution in [3.8, 4) is 0 Å². The van der Waals surface area contributed by atoms with E-state index in [0.29, 0.717) is 19.3 Å². The average molecular weight is 634 g/mol. The summed E-state index contributed by atoms with van der Waals surface area (Å²) in [5.74, 6) is -0.604. The van der Waals surface area contributed by atoms with Crippen molar-refractivity contribution in [1.82, 2.24) is 5.32 Å². The molecule has 0 aliphatic carbocycles. The van der Waals surface area contributed by atoms with E-state index >= 15 is 0 Å². The van der Waals surface area contributed by atoms with Crippen LogP contribution in [0.1, 0.15) is 162 Å². The molecule has 0 aromatic heterocycles. The van der Waals surface area contributed by atoms with E-state index < -0.39 is 36.9 Å². The summed E-state index contributed by atoms with van der Waals surface area (Å²) in [6, 6.07) is -1.01. The van der Waals surface area contributed by atoms with Crippen molar-refractivity contribution in [2.45, 2.75) is 186 Å². The molecule has 0 fully saturated rings. The lowest BCUT2D eigenvalue weighted by atomic mass is 10.00. The number of carbonyl (C=O) groups excluding carboxylic acids is 1. The number of unbranched alkanes of at least 4 members (excludes halogenated alkanes) is 15. The van der Waals surface area contributed by atoms with Crippen LogP contribution < -0.4 is 5.32 Å². The van der Waals surface area contributed by atoms with Crippen LogP contribution in [-0.4, -0.2) is 57.3 Å². The second-order valence-electron chi connectivity index (χ2n) is 12.5. The Morgan fingerprint density at radius 2 is 1.00 bits per heavy atom. The summed E-state index contributed by atoms with van der Waals surface area (Å²) >= 11 is 0. The fraction of sp³-hybridized carbons (Fsp3) is 0.769. The minimum Gasteiger partial charge on any atom is -0.394 e. The lowest BCUT2D eigenvalue weighted by Crippen LogP contribution is -2.53. The van der Waals surface area contributed by atoms with Crippen molar-refractivity contribution >= 4 is 5.91 Å². The van der Waals surface area contributed by atoms with Gasteiger partial charge in [0.25, 0.3) is 0 Å². The molecule has 0 saturated carbocycles.